The van der Waals surface area contributed by atoms with Gasteiger partial charge in [0.15, 0.2) is 0 Å². The van der Waals surface area contributed by atoms with E-state index < -0.39 is 6.04 Å². The minimum Gasteiger partial charge on any atom is -0.380 e. The van der Waals surface area contributed by atoms with E-state index in [-0.39, 0.29) is 43.3 Å². The largest absolute Gasteiger partial charge is 0.380 e. The predicted octanol–water partition coefficient (Wildman–Crippen LogP) is 1.43. The number of methoxy groups -OCH3 is 1. The fraction of sp³-hybridized carbons (Fsp3) is 0.529. The van der Waals surface area contributed by atoms with E-state index in [4.69, 9.17) is 10.5 Å². The van der Waals surface area contributed by atoms with Gasteiger partial charge in [-0.15, -0.1) is 12.4 Å². The third kappa shape index (κ3) is 4.69. The molecule has 1 saturated heterocycles. The van der Waals surface area contributed by atoms with Crippen LogP contribution in [0.1, 0.15) is 19.3 Å². The van der Waals surface area contributed by atoms with E-state index in [0.29, 0.717) is 13.0 Å². The van der Waals surface area contributed by atoms with E-state index in [1.165, 1.54) is 7.11 Å². The Morgan fingerprint density at radius 3 is 2.67 bits per heavy atom. The first-order chi connectivity index (χ1) is 11.1. The number of piperidine rings is 1. The number of ether oxygens (including phenoxy) is 1. The molecule has 0 radical (unpaired) electrons. The minimum atomic E-state index is -0.424. The van der Waals surface area contributed by atoms with Gasteiger partial charge in [0.05, 0.1) is 12.5 Å². The van der Waals surface area contributed by atoms with E-state index in [1.807, 2.05) is 30.3 Å². The van der Waals surface area contributed by atoms with Crippen LogP contribution >= 0.6 is 12.4 Å². The Balaban J connectivity index is 0.00000288. The summed E-state index contributed by atoms with van der Waals surface area (Å²) in [6.45, 7) is 0.968. The number of nitrogens with zero attached hydrogens (tertiary/aromatic N) is 2. The van der Waals surface area contributed by atoms with Gasteiger partial charge in [-0.05, 0) is 25.0 Å². The summed E-state index contributed by atoms with van der Waals surface area (Å²) in [5.41, 5.74) is 6.44. The molecule has 0 aromatic heterocycles. The summed E-state index contributed by atoms with van der Waals surface area (Å²) in [7, 11) is 3.22. The van der Waals surface area contributed by atoms with Gasteiger partial charge in [-0.25, -0.2) is 0 Å². The first-order valence-electron chi connectivity index (χ1n) is 7.93. The van der Waals surface area contributed by atoms with Crippen LogP contribution in [-0.2, 0) is 14.3 Å². The molecular weight excluding hydrogens is 330 g/mol. The minimum absolute atomic E-state index is 0. The van der Waals surface area contributed by atoms with Crippen LogP contribution in [-0.4, -0.2) is 56.1 Å². The summed E-state index contributed by atoms with van der Waals surface area (Å²) in [5.74, 6) is -0.143. The molecule has 0 bridgehead atoms. The number of para-hydroxylation sites is 1. The second-order valence-corrected chi connectivity index (χ2v) is 5.79. The van der Waals surface area contributed by atoms with Crippen molar-refractivity contribution in [3.8, 4) is 0 Å². The standard InChI is InChI=1S/C17H25N3O3.ClH/c1-19(16(21)11-14(12-18)23-2)15-9-6-10-20(17(15)22)13-7-4-3-5-8-13;/h3-5,7-8,14-15H,6,9-12,18H2,1-2H3;1H. The third-order valence-electron chi connectivity index (χ3n) is 4.34. The smallest absolute Gasteiger partial charge is 0.249 e. The normalized spacial score (nSPS) is 18.7. The fourth-order valence-corrected chi connectivity index (χ4v) is 2.86. The molecule has 0 aliphatic carbocycles. The van der Waals surface area contributed by atoms with Crippen LogP contribution < -0.4 is 10.6 Å². The molecule has 1 aliphatic heterocycles. The topological polar surface area (TPSA) is 75.9 Å². The van der Waals surface area contributed by atoms with Crippen LogP contribution in [0.2, 0.25) is 0 Å². The quantitative estimate of drug-likeness (QED) is 0.837. The van der Waals surface area contributed by atoms with Gasteiger partial charge in [0, 0.05) is 32.9 Å². The zero-order chi connectivity index (χ0) is 16.8. The highest BCUT2D eigenvalue weighted by molar-refractivity contribution is 5.99. The molecule has 134 valence electrons. The van der Waals surface area contributed by atoms with Gasteiger partial charge in [-0.3, -0.25) is 9.59 Å². The number of amides is 2. The second-order valence-electron chi connectivity index (χ2n) is 5.79. The Morgan fingerprint density at radius 1 is 1.42 bits per heavy atom. The maximum absolute atomic E-state index is 12.8. The molecule has 2 atom stereocenters. The first-order valence-corrected chi connectivity index (χ1v) is 7.93. The van der Waals surface area contributed by atoms with Gasteiger partial charge in [0.1, 0.15) is 6.04 Å². The highest BCUT2D eigenvalue weighted by atomic mass is 35.5. The SMILES string of the molecule is COC(CN)CC(=O)N(C)C1CCCN(c2ccccc2)C1=O.Cl. The van der Waals surface area contributed by atoms with Crippen molar-refractivity contribution in [2.75, 3.05) is 32.1 Å². The number of nitrogens with two attached hydrogens (primary N) is 1. The lowest BCUT2D eigenvalue weighted by atomic mass is 10.0. The van der Waals surface area contributed by atoms with E-state index in [1.54, 1.807) is 16.8 Å². The average Bonchev–Trinajstić information content (AvgIpc) is 2.59. The summed E-state index contributed by atoms with van der Waals surface area (Å²) in [4.78, 5) is 28.5. The lowest BCUT2D eigenvalue weighted by Gasteiger charge is -2.37. The number of hydrogen-bond acceptors (Lipinski definition) is 4. The molecule has 24 heavy (non-hydrogen) atoms. The van der Waals surface area contributed by atoms with E-state index in [2.05, 4.69) is 0 Å². The average molecular weight is 356 g/mol. The Bertz CT molecular complexity index is 537. The van der Waals surface area contributed by atoms with E-state index >= 15 is 0 Å². The van der Waals surface area contributed by atoms with Gasteiger partial charge in [0.2, 0.25) is 11.8 Å². The fourth-order valence-electron chi connectivity index (χ4n) is 2.86. The molecule has 1 heterocycles. The molecule has 1 aromatic carbocycles. The lowest BCUT2D eigenvalue weighted by molar-refractivity contribution is -0.140. The molecule has 2 amide bonds. The van der Waals surface area contributed by atoms with Gasteiger partial charge in [-0.2, -0.15) is 0 Å². The number of halogens is 1. The van der Waals surface area contributed by atoms with Gasteiger partial charge < -0.3 is 20.3 Å². The summed E-state index contributed by atoms with van der Waals surface area (Å²) in [5, 5.41) is 0. The van der Waals surface area contributed by atoms with Crippen molar-refractivity contribution >= 4 is 29.9 Å². The van der Waals surface area contributed by atoms with Crippen LogP contribution in [0.25, 0.3) is 0 Å². The summed E-state index contributed by atoms with van der Waals surface area (Å²) in [6, 6.07) is 9.14. The molecule has 2 unspecified atom stereocenters. The molecule has 0 spiro atoms. The Kier molecular flexibility index (Phi) is 8.18. The molecule has 7 heteroatoms. The van der Waals surface area contributed by atoms with Crippen LogP contribution in [0.15, 0.2) is 30.3 Å². The number of anilines is 1. The summed E-state index contributed by atoms with van der Waals surface area (Å²) >= 11 is 0. The molecule has 0 saturated carbocycles. The number of likely N-dealkylation sites (N-methyl/N-ethyl adjacent to an activating group) is 1. The number of rotatable bonds is 6. The van der Waals surface area contributed by atoms with Gasteiger partial charge in [-0.1, -0.05) is 18.2 Å². The summed E-state index contributed by atoms with van der Waals surface area (Å²) in [6.07, 6.45) is 1.44. The zero-order valence-electron chi connectivity index (χ0n) is 14.2. The van der Waals surface area contributed by atoms with Crippen LogP contribution in [0.4, 0.5) is 5.69 Å². The van der Waals surface area contributed by atoms with Crippen molar-refractivity contribution in [3.63, 3.8) is 0 Å². The van der Waals surface area contributed by atoms with E-state index in [0.717, 1.165) is 12.1 Å². The maximum Gasteiger partial charge on any atom is 0.249 e. The molecule has 2 N–H and O–H groups in total. The monoisotopic (exact) mass is 355 g/mol. The van der Waals surface area contributed by atoms with Crippen LogP contribution in [0.5, 0.6) is 0 Å². The third-order valence-corrected chi connectivity index (χ3v) is 4.34. The predicted molar refractivity (Wildman–Crippen MR) is 96.3 cm³/mol. The lowest BCUT2D eigenvalue weighted by Crippen LogP contribution is -2.53. The number of hydrogen-bond donors (Lipinski definition) is 1. The van der Waals surface area contributed by atoms with E-state index in [9.17, 15) is 9.59 Å². The molecule has 1 aromatic rings. The summed E-state index contributed by atoms with van der Waals surface area (Å²) < 4.78 is 5.16. The van der Waals surface area contributed by atoms with Crippen molar-refractivity contribution in [1.82, 2.24) is 4.90 Å². The Morgan fingerprint density at radius 2 is 2.08 bits per heavy atom. The highest BCUT2D eigenvalue weighted by Crippen LogP contribution is 2.23. The van der Waals surface area contributed by atoms with Crippen molar-refractivity contribution in [2.24, 2.45) is 5.73 Å². The molecule has 1 aliphatic rings. The zero-order valence-corrected chi connectivity index (χ0v) is 15.0. The maximum atomic E-state index is 12.8. The molecule has 1 fully saturated rings. The van der Waals surface area contributed by atoms with Crippen LogP contribution in [0, 0.1) is 0 Å². The Labute approximate surface area is 149 Å². The second kappa shape index (κ2) is 9.61. The van der Waals surface area contributed by atoms with Crippen molar-refractivity contribution in [2.45, 2.75) is 31.4 Å². The first kappa shape index (κ1) is 20.4. The van der Waals surface area contributed by atoms with Crippen LogP contribution in [0.3, 0.4) is 0 Å². The molecule has 2 rings (SSSR count). The van der Waals surface area contributed by atoms with Gasteiger partial charge >= 0.3 is 0 Å². The molecule has 6 nitrogen and oxygen atoms in total. The van der Waals surface area contributed by atoms with Gasteiger partial charge in [0.25, 0.3) is 0 Å². The number of benzene rings is 1. The number of carbonyl (C=O) groups excluding carboxylic acids is 2. The van der Waals surface area contributed by atoms with Crippen molar-refractivity contribution in [3.05, 3.63) is 30.3 Å². The van der Waals surface area contributed by atoms with Crippen molar-refractivity contribution < 1.29 is 14.3 Å². The Hall–Kier alpha value is -1.63. The number of carbonyl (C=O) groups is 2. The van der Waals surface area contributed by atoms with Crippen molar-refractivity contribution in [1.29, 1.82) is 0 Å². The highest BCUT2D eigenvalue weighted by Gasteiger charge is 2.34. The molecular formula is C17H26ClN3O3.